The van der Waals surface area contributed by atoms with Crippen LogP contribution in [0.25, 0.3) is 5.69 Å². The third kappa shape index (κ3) is 1.40. The summed E-state index contributed by atoms with van der Waals surface area (Å²) < 4.78 is 2.05. The van der Waals surface area contributed by atoms with Crippen LogP contribution >= 0.6 is 0 Å². The Balaban J connectivity index is 2.15. The van der Waals surface area contributed by atoms with E-state index in [1.54, 1.807) is 0 Å². The Morgan fingerprint density at radius 1 is 1.33 bits per heavy atom. The fourth-order valence-electron chi connectivity index (χ4n) is 2.11. The van der Waals surface area contributed by atoms with E-state index in [-0.39, 0.29) is 0 Å². The molecule has 3 rings (SSSR count). The molecule has 1 aromatic heterocycles. The van der Waals surface area contributed by atoms with Crippen molar-refractivity contribution in [3.8, 4) is 5.69 Å². The quantitative estimate of drug-likeness (QED) is 0.763. The zero-order chi connectivity index (χ0) is 10.1. The van der Waals surface area contributed by atoms with Gasteiger partial charge in [-0.3, -0.25) is 0 Å². The number of fused-ring (bicyclic) bond motifs is 1. The summed E-state index contributed by atoms with van der Waals surface area (Å²) in [5.74, 6) is 0. The molecule has 76 valence electrons. The number of hydrogen-bond acceptors (Lipinski definition) is 2. The van der Waals surface area contributed by atoms with Crippen LogP contribution in [0.15, 0.2) is 36.9 Å². The molecule has 0 fully saturated rings. The largest absolute Gasteiger partial charge is 0.383 e. The molecule has 3 nitrogen and oxygen atoms in total. The van der Waals surface area contributed by atoms with Gasteiger partial charge >= 0.3 is 0 Å². The van der Waals surface area contributed by atoms with Gasteiger partial charge in [0.25, 0.3) is 0 Å². The number of nitrogens with one attached hydrogen (secondary N) is 1. The molecule has 1 aromatic carbocycles. The molecule has 0 aliphatic carbocycles. The molecule has 1 aliphatic rings. The number of nitrogens with zero attached hydrogens (tertiary/aromatic N) is 2. The molecule has 15 heavy (non-hydrogen) atoms. The first-order valence-electron chi connectivity index (χ1n) is 5.29. The van der Waals surface area contributed by atoms with Gasteiger partial charge in [0.05, 0.1) is 17.7 Å². The van der Waals surface area contributed by atoms with Crippen molar-refractivity contribution < 1.29 is 0 Å². The summed E-state index contributed by atoms with van der Waals surface area (Å²) in [5.41, 5.74) is 3.87. The second-order valence-electron chi connectivity index (χ2n) is 3.81. The van der Waals surface area contributed by atoms with Gasteiger partial charge in [-0.15, -0.1) is 0 Å². The molecule has 2 heterocycles. The summed E-state index contributed by atoms with van der Waals surface area (Å²) in [4.78, 5) is 4.08. The molecule has 0 spiro atoms. The zero-order valence-corrected chi connectivity index (χ0v) is 8.48. The van der Waals surface area contributed by atoms with Gasteiger partial charge in [0.15, 0.2) is 0 Å². The normalized spacial score (nSPS) is 14.4. The Labute approximate surface area is 88.8 Å². The second kappa shape index (κ2) is 3.42. The number of aryl methyl sites for hydroxylation is 1. The summed E-state index contributed by atoms with van der Waals surface area (Å²) in [6, 6.07) is 6.43. The maximum absolute atomic E-state index is 4.08. The van der Waals surface area contributed by atoms with Gasteiger partial charge in [-0.05, 0) is 24.5 Å². The first-order chi connectivity index (χ1) is 7.45. The van der Waals surface area contributed by atoms with E-state index < -0.39 is 0 Å². The lowest BCUT2D eigenvalue weighted by Crippen LogP contribution is -2.14. The second-order valence-corrected chi connectivity index (χ2v) is 3.81. The number of rotatable bonds is 1. The van der Waals surface area contributed by atoms with Gasteiger partial charge in [0.1, 0.15) is 0 Å². The van der Waals surface area contributed by atoms with Crippen molar-refractivity contribution in [1.82, 2.24) is 9.55 Å². The van der Waals surface area contributed by atoms with Gasteiger partial charge in [0.2, 0.25) is 0 Å². The van der Waals surface area contributed by atoms with Crippen LogP contribution in [-0.4, -0.2) is 16.1 Å². The van der Waals surface area contributed by atoms with E-state index in [1.807, 2.05) is 18.7 Å². The molecule has 1 aliphatic heterocycles. The molecule has 0 saturated carbocycles. The zero-order valence-electron chi connectivity index (χ0n) is 8.48. The summed E-state index contributed by atoms with van der Waals surface area (Å²) in [6.07, 6.45) is 8.02. The fourth-order valence-corrected chi connectivity index (χ4v) is 2.11. The summed E-state index contributed by atoms with van der Waals surface area (Å²) >= 11 is 0. The first-order valence-corrected chi connectivity index (χ1v) is 5.29. The SMILES string of the molecule is c1cc2c(c(-n3ccnc3)c1)NCCC2. The van der Waals surface area contributed by atoms with Crippen LogP contribution < -0.4 is 5.32 Å². The molecule has 0 amide bonds. The molecule has 0 saturated heterocycles. The van der Waals surface area contributed by atoms with Crippen molar-refractivity contribution in [1.29, 1.82) is 0 Å². The molecule has 0 unspecified atom stereocenters. The van der Waals surface area contributed by atoms with Gasteiger partial charge < -0.3 is 9.88 Å². The number of anilines is 1. The maximum atomic E-state index is 4.08. The number of imidazole rings is 1. The molecule has 0 radical (unpaired) electrons. The van der Waals surface area contributed by atoms with Crippen LogP contribution in [0.1, 0.15) is 12.0 Å². The summed E-state index contributed by atoms with van der Waals surface area (Å²) in [6.45, 7) is 1.07. The Bertz CT molecular complexity index is 460. The van der Waals surface area contributed by atoms with Gasteiger partial charge in [0, 0.05) is 18.9 Å². The minimum Gasteiger partial charge on any atom is -0.383 e. The van der Waals surface area contributed by atoms with Crippen LogP contribution in [0.4, 0.5) is 5.69 Å². The van der Waals surface area contributed by atoms with Crippen molar-refractivity contribution >= 4 is 5.69 Å². The van der Waals surface area contributed by atoms with Crippen LogP contribution in [0.3, 0.4) is 0 Å². The number of benzene rings is 1. The van der Waals surface area contributed by atoms with Crippen LogP contribution in [0.2, 0.25) is 0 Å². The fraction of sp³-hybridized carbons (Fsp3) is 0.250. The average Bonchev–Trinajstić information content (AvgIpc) is 2.82. The maximum Gasteiger partial charge on any atom is 0.0992 e. The van der Waals surface area contributed by atoms with Gasteiger partial charge in [-0.2, -0.15) is 0 Å². The molecule has 0 bridgehead atoms. The molecule has 2 aromatic rings. The summed E-state index contributed by atoms with van der Waals surface area (Å²) in [5, 5.41) is 3.47. The Kier molecular flexibility index (Phi) is 1.95. The number of hydrogen-bond donors (Lipinski definition) is 1. The Hall–Kier alpha value is -1.77. The van der Waals surface area contributed by atoms with E-state index in [1.165, 1.54) is 29.8 Å². The predicted molar refractivity (Wildman–Crippen MR) is 60.4 cm³/mol. The first kappa shape index (κ1) is 8.53. The van der Waals surface area contributed by atoms with Crippen molar-refractivity contribution in [2.24, 2.45) is 0 Å². The van der Waals surface area contributed by atoms with E-state index in [4.69, 9.17) is 0 Å². The smallest absolute Gasteiger partial charge is 0.0992 e. The lowest BCUT2D eigenvalue weighted by atomic mass is 10.0. The van der Waals surface area contributed by atoms with E-state index in [2.05, 4.69) is 33.1 Å². The van der Waals surface area contributed by atoms with Gasteiger partial charge in [-0.25, -0.2) is 4.98 Å². The highest BCUT2D eigenvalue weighted by Crippen LogP contribution is 2.28. The standard InChI is InChI=1S/C12H13N3/c1-3-10-4-2-6-14-12(10)11(5-1)15-8-7-13-9-15/h1,3,5,7-9,14H,2,4,6H2. The van der Waals surface area contributed by atoms with Crippen molar-refractivity contribution in [3.63, 3.8) is 0 Å². The highest BCUT2D eigenvalue weighted by Gasteiger charge is 2.12. The topological polar surface area (TPSA) is 29.9 Å². The van der Waals surface area contributed by atoms with E-state index in [0.29, 0.717) is 0 Å². The Morgan fingerprint density at radius 3 is 3.20 bits per heavy atom. The molecular weight excluding hydrogens is 186 g/mol. The molecule has 0 atom stereocenters. The van der Waals surface area contributed by atoms with Crippen LogP contribution in [-0.2, 0) is 6.42 Å². The number of aromatic nitrogens is 2. The van der Waals surface area contributed by atoms with E-state index in [0.717, 1.165) is 6.54 Å². The minimum absolute atomic E-state index is 1.07. The van der Waals surface area contributed by atoms with Crippen molar-refractivity contribution in [2.45, 2.75) is 12.8 Å². The van der Waals surface area contributed by atoms with E-state index >= 15 is 0 Å². The number of para-hydroxylation sites is 1. The van der Waals surface area contributed by atoms with Crippen LogP contribution in [0.5, 0.6) is 0 Å². The minimum atomic E-state index is 1.07. The third-order valence-electron chi connectivity index (χ3n) is 2.84. The summed E-state index contributed by atoms with van der Waals surface area (Å²) in [7, 11) is 0. The predicted octanol–water partition coefficient (Wildman–Crippen LogP) is 2.23. The molecular formula is C12H13N3. The molecule has 1 N–H and O–H groups in total. The van der Waals surface area contributed by atoms with Crippen molar-refractivity contribution in [3.05, 3.63) is 42.5 Å². The lowest BCUT2D eigenvalue weighted by Gasteiger charge is -2.21. The average molecular weight is 199 g/mol. The monoisotopic (exact) mass is 199 g/mol. The third-order valence-corrected chi connectivity index (χ3v) is 2.84. The highest BCUT2D eigenvalue weighted by atomic mass is 15.1. The Morgan fingerprint density at radius 2 is 2.33 bits per heavy atom. The molecule has 3 heteroatoms. The van der Waals surface area contributed by atoms with Gasteiger partial charge in [-0.1, -0.05) is 12.1 Å². The highest BCUT2D eigenvalue weighted by molar-refractivity contribution is 5.67. The van der Waals surface area contributed by atoms with Crippen LogP contribution in [0, 0.1) is 0 Å². The van der Waals surface area contributed by atoms with E-state index in [9.17, 15) is 0 Å². The van der Waals surface area contributed by atoms with Crippen molar-refractivity contribution in [2.75, 3.05) is 11.9 Å². The lowest BCUT2D eigenvalue weighted by molar-refractivity contribution is 0.825.